The Morgan fingerprint density at radius 3 is 2.34 bits per heavy atom. The number of thioether (sulfide) groups is 1. The molecule has 0 unspecified atom stereocenters. The van der Waals surface area contributed by atoms with Crippen molar-refractivity contribution in [2.24, 2.45) is 0 Å². The number of anilines is 1. The van der Waals surface area contributed by atoms with Crippen LogP contribution in [0.3, 0.4) is 0 Å². The second-order valence-corrected chi connectivity index (χ2v) is 8.93. The van der Waals surface area contributed by atoms with Crippen LogP contribution in [-0.2, 0) is 10.0 Å². The third kappa shape index (κ3) is 4.13. The normalized spacial score (nSPS) is 11.4. The third-order valence-electron chi connectivity index (χ3n) is 4.24. The highest BCUT2D eigenvalue weighted by molar-refractivity contribution is 7.98. The van der Waals surface area contributed by atoms with E-state index in [2.05, 4.69) is 14.9 Å². The smallest absolute Gasteiger partial charge is 0.374 e. The van der Waals surface area contributed by atoms with E-state index in [1.807, 2.05) is 19.1 Å². The second kappa shape index (κ2) is 7.88. The van der Waals surface area contributed by atoms with Crippen LogP contribution in [0.5, 0.6) is 0 Å². The SMILES string of the molecule is CSc1nnc(C(=O)O)n1-c1cccc(NS(=O)(=O)c2c(C)cc(C)cc2C)c1. The molecule has 0 saturated carbocycles. The van der Waals surface area contributed by atoms with E-state index in [1.165, 1.54) is 16.3 Å². The maximum Gasteiger partial charge on any atom is 0.374 e. The van der Waals surface area contributed by atoms with Crippen molar-refractivity contribution in [1.29, 1.82) is 0 Å². The molecule has 0 aliphatic rings. The average Bonchev–Trinajstić information content (AvgIpc) is 3.04. The molecule has 0 amide bonds. The molecule has 8 nitrogen and oxygen atoms in total. The summed E-state index contributed by atoms with van der Waals surface area (Å²) in [6.45, 7) is 5.42. The van der Waals surface area contributed by atoms with Gasteiger partial charge in [0.15, 0.2) is 5.16 Å². The number of carboxylic acids is 1. The predicted octanol–water partition coefficient (Wildman–Crippen LogP) is 3.41. The van der Waals surface area contributed by atoms with Crippen molar-refractivity contribution in [2.75, 3.05) is 11.0 Å². The Labute approximate surface area is 173 Å². The Morgan fingerprint density at radius 2 is 1.76 bits per heavy atom. The minimum Gasteiger partial charge on any atom is -0.475 e. The molecule has 0 fully saturated rings. The van der Waals surface area contributed by atoms with Gasteiger partial charge in [0.2, 0.25) is 5.82 Å². The molecular weight excluding hydrogens is 412 g/mol. The topological polar surface area (TPSA) is 114 Å². The van der Waals surface area contributed by atoms with Crippen molar-refractivity contribution in [3.63, 3.8) is 0 Å². The van der Waals surface area contributed by atoms with E-state index in [-0.39, 0.29) is 10.7 Å². The predicted molar refractivity (Wildman–Crippen MR) is 112 cm³/mol. The zero-order chi connectivity index (χ0) is 21.3. The largest absolute Gasteiger partial charge is 0.475 e. The molecule has 0 saturated heterocycles. The number of hydrogen-bond donors (Lipinski definition) is 2. The van der Waals surface area contributed by atoms with Gasteiger partial charge in [0, 0.05) is 0 Å². The summed E-state index contributed by atoms with van der Waals surface area (Å²) in [6, 6.07) is 10.1. The zero-order valence-electron chi connectivity index (χ0n) is 16.3. The molecule has 10 heteroatoms. The lowest BCUT2D eigenvalue weighted by atomic mass is 10.1. The van der Waals surface area contributed by atoms with Crippen molar-refractivity contribution in [1.82, 2.24) is 14.8 Å². The van der Waals surface area contributed by atoms with Gasteiger partial charge in [-0.15, -0.1) is 10.2 Å². The first kappa shape index (κ1) is 20.9. The molecular formula is C19H20N4O4S2. The summed E-state index contributed by atoms with van der Waals surface area (Å²) >= 11 is 1.24. The molecule has 3 aromatic rings. The molecule has 29 heavy (non-hydrogen) atoms. The van der Waals surface area contributed by atoms with E-state index < -0.39 is 16.0 Å². The van der Waals surface area contributed by atoms with Crippen molar-refractivity contribution < 1.29 is 18.3 Å². The zero-order valence-corrected chi connectivity index (χ0v) is 17.9. The third-order valence-corrected chi connectivity index (χ3v) is 6.55. The maximum absolute atomic E-state index is 13.0. The van der Waals surface area contributed by atoms with E-state index in [1.54, 1.807) is 44.4 Å². The van der Waals surface area contributed by atoms with Gasteiger partial charge >= 0.3 is 5.97 Å². The second-order valence-electron chi connectivity index (χ2n) is 6.53. The molecule has 0 radical (unpaired) electrons. The fourth-order valence-electron chi connectivity index (χ4n) is 3.28. The molecule has 0 aliphatic carbocycles. The molecule has 152 valence electrons. The monoisotopic (exact) mass is 432 g/mol. The van der Waals surface area contributed by atoms with Gasteiger partial charge in [-0.3, -0.25) is 9.29 Å². The molecule has 2 aromatic carbocycles. The number of aromatic nitrogens is 3. The van der Waals surface area contributed by atoms with Crippen LogP contribution in [0.25, 0.3) is 5.69 Å². The quantitative estimate of drug-likeness (QED) is 0.574. The molecule has 0 aliphatic heterocycles. The summed E-state index contributed by atoms with van der Waals surface area (Å²) in [7, 11) is -3.83. The van der Waals surface area contributed by atoms with Gasteiger partial charge in [0.05, 0.1) is 16.3 Å². The summed E-state index contributed by atoms with van der Waals surface area (Å²) in [5, 5.41) is 17.3. The summed E-state index contributed by atoms with van der Waals surface area (Å²) in [6.07, 6.45) is 1.75. The van der Waals surface area contributed by atoms with Crippen LogP contribution in [0.2, 0.25) is 0 Å². The van der Waals surface area contributed by atoms with Gasteiger partial charge in [-0.1, -0.05) is 35.5 Å². The van der Waals surface area contributed by atoms with Crippen LogP contribution in [0.4, 0.5) is 5.69 Å². The lowest BCUT2D eigenvalue weighted by Crippen LogP contribution is -2.16. The highest BCUT2D eigenvalue weighted by Gasteiger charge is 2.22. The minimum absolute atomic E-state index is 0.230. The molecule has 0 bridgehead atoms. The molecule has 1 heterocycles. The summed E-state index contributed by atoms with van der Waals surface area (Å²) in [4.78, 5) is 11.7. The Bertz CT molecular complexity index is 1180. The Balaban J connectivity index is 2.04. The van der Waals surface area contributed by atoms with Crippen molar-refractivity contribution in [3.8, 4) is 5.69 Å². The molecule has 0 spiro atoms. The van der Waals surface area contributed by atoms with Crippen molar-refractivity contribution >= 4 is 33.4 Å². The van der Waals surface area contributed by atoms with Gasteiger partial charge < -0.3 is 5.11 Å². The molecule has 1 aromatic heterocycles. The fraction of sp³-hybridized carbons (Fsp3) is 0.211. The lowest BCUT2D eigenvalue weighted by Gasteiger charge is -2.15. The lowest BCUT2D eigenvalue weighted by molar-refractivity contribution is 0.0680. The number of hydrogen-bond acceptors (Lipinski definition) is 6. The van der Waals surface area contributed by atoms with Crippen LogP contribution in [-0.4, -0.2) is 40.5 Å². The Morgan fingerprint density at radius 1 is 1.10 bits per heavy atom. The minimum atomic E-state index is -3.83. The number of aryl methyl sites for hydroxylation is 3. The number of nitrogens with one attached hydrogen (secondary N) is 1. The van der Waals surface area contributed by atoms with E-state index in [9.17, 15) is 18.3 Å². The van der Waals surface area contributed by atoms with Gasteiger partial charge in [0.25, 0.3) is 10.0 Å². The van der Waals surface area contributed by atoms with E-state index >= 15 is 0 Å². The number of sulfonamides is 1. The fourth-order valence-corrected chi connectivity index (χ4v) is 5.28. The standard InChI is InChI=1S/C19H20N4O4S2/c1-11-8-12(2)16(13(3)9-11)29(26,27)22-14-6-5-7-15(10-14)23-17(18(24)25)20-21-19(23)28-4/h5-10,22H,1-4H3,(H,24,25). The first-order valence-corrected chi connectivity index (χ1v) is 11.3. The number of carboxylic acid groups (broad SMARTS) is 1. The molecule has 0 atom stereocenters. The van der Waals surface area contributed by atoms with Crippen LogP contribution < -0.4 is 4.72 Å². The van der Waals surface area contributed by atoms with Gasteiger partial charge in [-0.05, 0) is 56.4 Å². The van der Waals surface area contributed by atoms with E-state index in [0.29, 0.717) is 27.7 Å². The van der Waals surface area contributed by atoms with Crippen molar-refractivity contribution in [2.45, 2.75) is 30.8 Å². The molecule has 3 rings (SSSR count). The first-order chi connectivity index (χ1) is 13.6. The molecule has 2 N–H and O–H groups in total. The van der Waals surface area contributed by atoms with Crippen LogP contribution in [0.1, 0.15) is 27.3 Å². The van der Waals surface area contributed by atoms with Crippen LogP contribution in [0.15, 0.2) is 46.5 Å². The number of aromatic carboxylic acids is 1. The van der Waals surface area contributed by atoms with Crippen molar-refractivity contribution in [3.05, 3.63) is 58.9 Å². The first-order valence-electron chi connectivity index (χ1n) is 8.58. The Kier molecular flexibility index (Phi) is 5.67. The maximum atomic E-state index is 13.0. The summed E-state index contributed by atoms with van der Waals surface area (Å²) in [5.74, 6) is -1.48. The summed E-state index contributed by atoms with van der Waals surface area (Å²) in [5.41, 5.74) is 3.04. The van der Waals surface area contributed by atoms with Crippen LogP contribution >= 0.6 is 11.8 Å². The van der Waals surface area contributed by atoms with Gasteiger partial charge in [0.1, 0.15) is 0 Å². The number of carbonyl (C=O) groups is 1. The number of rotatable bonds is 6. The van der Waals surface area contributed by atoms with Gasteiger partial charge in [-0.2, -0.15) is 0 Å². The van der Waals surface area contributed by atoms with E-state index in [0.717, 1.165) is 5.56 Å². The van der Waals surface area contributed by atoms with E-state index in [4.69, 9.17) is 0 Å². The Hall–Kier alpha value is -2.85. The van der Waals surface area contributed by atoms with Crippen LogP contribution in [0, 0.1) is 20.8 Å². The highest BCUT2D eigenvalue weighted by Crippen LogP contribution is 2.27. The van der Waals surface area contributed by atoms with Gasteiger partial charge in [-0.25, -0.2) is 13.2 Å². The average molecular weight is 433 g/mol. The summed E-state index contributed by atoms with van der Waals surface area (Å²) < 4.78 is 30.0. The highest BCUT2D eigenvalue weighted by atomic mass is 32.2. The number of benzene rings is 2. The number of nitrogens with zero attached hydrogens (tertiary/aromatic N) is 3.